The molecule has 1 N–H and O–H groups in total. The van der Waals surface area contributed by atoms with Crippen molar-refractivity contribution in [1.29, 1.82) is 0 Å². The van der Waals surface area contributed by atoms with Gasteiger partial charge in [-0.3, -0.25) is 9.10 Å². The van der Waals surface area contributed by atoms with E-state index in [1.54, 1.807) is 23.8 Å². The monoisotopic (exact) mass is 322 g/mol. The number of aromatic nitrogens is 4. The first-order chi connectivity index (χ1) is 10.3. The van der Waals surface area contributed by atoms with Crippen LogP contribution in [0, 0.1) is 0 Å². The Hall–Kier alpha value is -2.20. The lowest BCUT2D eigenvalue weighted by Crippen LogP contribution is -2.31. The van der Waals surface area contributed by atoms with Gasteiger partial charge in [0.25, 0.3) is 0 Å². The van der Waals surface area contributed by atoms with E-state index >= 15 is 0 Å². The van der Waals surface area contributed by atoms with Crippen LogP contribution in [0.25, 0.3) is 0 Å². The first kappa shape index (κ1) is 13.8. The molecule has 108 valence electrons. The van der Waals surface area contributed by atoms with Crippen molar-refractivity contribution < 1.29 is 9.00 Å². The number of allylic oxidation sites excluding steroid dienone is 2. The number of carbonyl (C=O) groups excluding carboxylic acids is 1. The number of carbonyl (C=O) groups is 1. The molecule has 1 unspecified atom stereocenters. The van der Waals surface area contributed by atoms with Gasteiger partial charge in [0.1, 0.15) is 10.7 Å². The molecule has 0 radical (unpaired) electrons. The van der Waals surface area contributed by atoms with Crippen LogP contribution >= 0.6 is 11.3 Å². The third kappa shape index (κ3) is 2.95. The van der Waals surface area contributed by atoms with Crippen molar-refractivity contribution in [3.8, 4) is 0 Å². The largest absolute Gasteiger partial charge is 0.296 e. The van der Waals surface area contributed by atoms with Crippen molar-refractivity contribution in [2.75, 3.05) is 6.54 Å². The number of nitrogens with zero attached hydrogens (tertiary/aromatic N) is 5. The molecule has 0 aliphatic carbocycles. The van der Waals surface area contributed by atoms with Crippen LogP contribution in [-0.2, 0) is 22.4 Å². The number of aldehydes is 1. The average Bonchev–Trinajstić information content (AvgIpc) is 3.18. The Morgan fingerprint density at radius 3 is 3.05 bits per heavy atom. The maximum absolute atomic E-state index is 12.2. The number of thiazole rings is 1. The fourth-order valence-electron chi connectivity index (χ4n) is 1.77. The Kier molecular flexibility index (Phi) is 3.97. The normalized spacial score (nSPS) is 18.3. The fourth-order valence-corrected chi connectivity index (χ4v) is 3.36. The smallest absolute Gasteiger partial charge is 0.246 e. The summed E-state index contributed by atoms with van der Waals surface area (Å²) in [6, 6.07) is 0. The van der Waals surface area contributed by atoms with E-state index < -0.39 is 11.2 Å². The van der Waals surface area contributed by atoms with E-state index in [1.165, 1.54) is 15.6 Å². The first-order valence-corrected chi connectivity index (χ1v) is 7.92. The predicted octanol–water partition coefficient (Wildman–Crippen LogP) is 0.270. The zero-order valence-corrected chi connectivity index (χ0v) is 12.3. The van der Waals surface area contributed by atoms with E-state index in [-0.39, 0.29) is 0 Å². The molecule has 1 aliphatic heterocycles. The zero-order valence-electron chi connectivity index (χ0n) is 10.7. The molecule has 2 aromatic heterocycles. The van der Waals surface area contributed by atoms with Crippen molar-refractivity contribution in [1.82, 2.24) is 24.7 Å². The van der Waals surface area contributed by atoms with Gasteiger partial charge in [-0.05, 0) is 6.08 Å². The second-order valence-corrected chi connectivity index (χ2v) is 6.02. The summed E-state index contributed by atoms with van der Waals surface area (Å²) in [4.78, 5) is 15.3. The van der Waals surface area contributed by atoms with Gasteiger partial charge in [-0.1, -0.05) is 0 Å². The summed E-state index contributed by atoms with van der Waals surface area (Å²) < 4.78 is 17.7. The van der Waals surface area contributed by atoms with Crippen molar-refractivity contribution in [3.05, 3.63) is 40.2 Å². The van der Waals surface area contributed by atoms with Crippen LogP contribution in [0.3, 0.4) is 0 Å². The van der Waals surface area contributed by atoms with Crippen LogP contribution in [0.2, 0.25) is 0 Å². The van der Waals surface area contributed by atoms with Crippen molar-refractivity contribution in [2.45, 2.75) is 6.42 Å². The van der Waals surface area contributed by atoms with Gasteiger partial charge in [0.05, 0.1) is 17.6 Å². The molecule has 0 saturated heterocycles. The number of H-pyrrole nitrogens is 1. The van der Waals surface area contributed by atoms with E-state index in [9.17, 15) is 9.00 Å². The molecule has 0 bridgehead atoms. The highest BCUT2D eigenvalue weighted by Gasteiger charge is 2.23. The van der Waals surface area contributed by atoms with Gasteiger partial charge in [0.2, 0.25) is 11.2 Å². The molecular formula is C11H10N6O2S2. The molecule has 2 aromatic rings. The lowest BCUT2D eigenvalue weighted by atomic mass is 10.3. The Labute approximate surface area is 126 Å². The van der Waals surface area contributed by atoms with Crippen molar-refractivity contribution in [2.24, 2.45) is 4.40 Å². The second kappa shape index (κ2) is 6.06. The minimum absolute atomic E-state index is 0.317. The van der Waals surface area contributed by atoms with E-state index in [0.29, 0.717) is 35.7 Å². The van der Waals surface area contributed by atoms with Gasteiger partial charge in [-0.15, -0.1) is 11.3 Å². The summed E-state index contributed by atoms with van der Waals surface area (Å²) in [6.45, 7) is 0.359. The number of rotatable bonds is 5. The highest BCUT2D eigenvalue weighted by Crippen LogP contribution is 2.18. The average molecular weight is 322 g/mol. The van der Waals surface area contributed by atoms with Crippen LogP contribution in [-0.4, -0.2) is 47.5 Å². The molecule has 0 spiro atoms. The summed E-state index contributed by atoms with van der Waals surface area (Å²) in [5.41, 5.74) is 1.51. The topological polar surface area (TPSA) is 104 Å². The first-order valence-electron chi connectivity index (χ1n) is 5.97. The number of hydrogen-bond acceptors (Lipinski definition) is 6. The Morgan fingerprint density at radius 1 is 1.48 bits per heavy atom. The Bertz CT molecular complexity index is 707. The zero-order chi connectivity index (χ0) is 14.7. The van der Waals surface area contributed by atoms with Crippen molar-refractivity contribution in [3.63, 3.8) is 0 Å². The molecule has 1 atom stereocenters. The third-order valence-corrected chi connectivity index (χ3v) is 4.66. The molecule has 8 nitrogen and oxygen atoms in total. The molecule has 1 aliphatic rings. The molecule has 0 aromatic carbocycles. The third-order valence-electron chi connectivity index (χ3n) is 2.75. The van der Waals surface area contributed by atoms with Crippen LogP contribution < -0.4 is 0 Å². The fraction of sp³-hybridized carbons (Fsp3) is 0.182. The highest BCUT2D eigenvalue weighted by molar-refractivity contribution is 7.81. The maximum atomic E-state index is 12.2. The summed E-state index contributed by atoms with van der Waals surface area (Å²) >= 11 is -0.275. The molecule has 0 amide bonds. The van der Waals surface area contributed by atoms with Crippen LogP contribution in [0.4, 0.5) is 0 Å². The Balaban J connectivity index is 1.79. The van der Waals surface area contributed by atoms with E-state index in [2.05, 4.69) is 24.8 Å². The van der Waals surface area contributed by atoms with E-state index in [4.69, 9.17) is 0 Å². The lowest BCUT2D eigenvalue weighted by molar-refractivity contribution is -0.105. The van der Waals surface area contributed by atoms with Crippen LogP contribution in [0.15, 0.2) is 33.9 Å². The Morgan fingerprint density at radius 2 is 2.38 bits per heavy atom. The molecular weight excluding hydrogens is 312 g/mol. The highest BCUT2D eigenvalue weighted by atomic mass is 32.2. The molecule has 10 heteroatoms. The standard InChI is InChI=1S/C11H10N6O2S2/c18-7-9-5-10(11-12-2-4-20-11)15-21(19)17(9)3-1-8-6-13-16-14-8/h2,4-7H,1,3H2,(H,13,14,16). The van der Waals surface area contributed by atoms with Crippen LogP contribution in [0.5, 0.6) is 0 Å². The molecule has 3 heterocycles. The SMILES string of the molecule is O=CC1=CC(c2nccs2)=NS(=O)N1CCc1cn[nH]n1. The number of nitrogens with one attached hydrogen (secondary N) is 1. The molecule has 21 heavy (non-hydrogen) atoms. The minimum Gasteiger partial charge on any atom is -0.296 e. The summed E-state index contributed by atoms with van der Waals surface area (Å²) in [5.74, 6) is 0. The van der Waals surface area contributed by atoms with Gasteiger partial charge < -0.3 is 0 Å². The molecule has 3 rings (SSSR count). The van der Waals surface area contributed by atoms with Gasteiger partial charge in [0, 0.05) is 24.5 Å². The van der Waals surface area contributed by atoms with E-state index in [0.717, 1.165) is 5.69 Å². The summed E-state index contributed by atoms with van der Waals surface area (Å²) in [5, 5.41) is 12.6. The quantitative estimate of drug-likeness (QED) is 0.796. The number of aromatic amines is 1. The predicted molar refractivity (Wildman–Crippen MR) is 77.7 cm³/mol. The van der Waals surface area contributed by atoms with Crippen molar-refractivity contribution >= 4 is 34.5 Å². The second-order valence-electron chi connectivity index (χ2n) is 4.05. The molecule has 0 fully saturated rings. The van der Waals surface area contributed by atoms with Gasteiger partial charge >= 0.3 is 0 Å². The van der Waals surface area contributed by atoms with Gasteiger partial charge in [-0.2, -0.15) is 19.8 Å². The number of hydrogen-bond donors (Lipinski definition) is 1. The lowest BCUT2D eigenvalue weighted by Gasteiger charge is -2.23. The van der Waals surface area contributed by atoms with Gasteiger partial charge in [0.15, 0.2) is 6.29 Å². The minimum atomic E-state index is -1.65. The van der Waals surface area contributed by atoms with Gasteiger partial charge in [-0.25, -0.2) is 9.19 Å². The summed E-state index contributed by atoms with van der Waals surface area (Å²) in [6.07, 6.45) is 5.99. The molecule has 0 saturated carbocycles. The summed E-state index contributed by atoms with van der Waals surface area (Å²) in [7, 11) is 0. The van der Waals surface area contributed by atoms with E-state index in [1.807, 2.05) is 0 Å². The maximum Gasteiger partial charge on any atom is 0.246 e. The van der Waals surface area contributed by atoms with Crippen LogP contribution in [0.1, 0.15) is 10.7 Å².